The summed E-state index contributed by atoms with van der Waals surface area (Å²) < 4.78 is 5.56. The molecule has 0 aromatic heterocycles. The van der Waals surface area contributed by atoms with Crippen LogP contribution in [0.5, 0.6) is 0 Å². The molecule has 2 aliphatic carbocycles. The normalized spacial score (nSPS) is 26.0. The van der Waals surface area contributed by atoms with Crippen molar-refractivity contribution in [1.29, 1.82) is 0 Å². The molecular weight excluding hydrogens is 180 g/mol. The highest BCUT2D eigenvalue weighted by Gasteiger charge is 2.35. The van der Waals surface area contributed by atoms with Crippen molar-refractivity contribution in [2.24, 2.45) is 5.92 Å². The maximum Gasteiger partial charge on any atom is 0.333 e. The van der Waals surface area contributed by atoms with Gasteiger partial charge in [0, 0.05) is 0 Å². The first kappa shape index (κ1) is 9.97. The number of carbonyl (C=O) groups is 1. The summed E-state index contributed by atoms with van der Waals surface area (Å²) in [5.74, 6) is -0.495. The van der Waals surface area contributed by atoms with Crippen LogP contribution in [0.15, 0.2) is 0 Å². The van der Waals surface area contributed by atoms with Crippen molar-refractivity contribution >= 4 is 5.97 Å². The van der Waals surface area contributed by atoms with Gasteiger partial charge in [-0.1, -0.05) is 19.3 Å². The average molecular weight is 198 g/mol. The summed E-state index contributed by atoms with van der Waals surface area (Å²) in [5, 5.41) is 9.08. The Morgan fingerprint density at radius 3 is 2.29 bits per heavy atom. The van der Waals surface area contributed by atoms with Crippen molar-refractivity contribution in [3.05, 3.63) is 0 Å². The summed E-state index contributed by atoms with van der Waals surface area (Å²) >= 11 is 0. The molecule has 0 spiro atoms. The zero-order chi connectivity index (χ0) is 9.97. The summed E-state index contributed by atoms with van der Waals surface area (Å²) in [5.41, 5.74) is 0. The quantitative estimate of drug-likeness (QED) is 0.753. The minimum atomic E-state index is -0.760. The summed E-state index contributed by atoms with van der Waals surface area (Å²) in [6.45, 7) is 0. The van der Waals surface area contributed by atoms with Gasteiger partial charge in [-0.2, -0.15) is 0 Å². The molecule has 0 radical (unpaired) electrons. The Labute approximate surface area is 84.4 Å². The zero-order valence-corrected chi connectivity index (χ0v) is 8.45. The number of carboxylic acids is 1. The van der Waals surface area contributed by atoms with Crippen LogP contribution < -0.4 is 0 Å². The van der Waals surface area contributed by atoms with Crippen LogP contribution in [0.2, 0.25) is 0 Å². The van der Waals surface area contributed by atoms with Crippen molar-refractivity contribution in [2.45, 2.75) is 57.2 Å². The van der Waals surface area contributed by atoms with Crippen molar-refractivity contribution in [1.82, 2.24) is 0 Å². The lowest BCUT2D eigenvalue weighted by molar-refractivity contribution is -0.156. The largest absolute Gasteiger partial charge is 0.479 e. The molecule has 2 rings (SSSR count). The van der Waals surface area contributed by atoms with E-state index >= 15 is 0 Å². The predicted octanol–water partition coefficient (Wildman–Crippen LogP) is 2.20. The van der Waals surface area contributed by atoms with Crippen LogP contribution in [-0.2, 0) is 9.53 Å². The van der Waals surface area contributed by atoms with E-state index in [0.717, 1.165) is 25.7 Å². The molecule has 3 heteroatoms. The molecule has 0 unspecified atom stereocenters. The van der Waals surface area contributed by atoms with Crippen molar-refractivity contribution in [2.75, 3.05) is 0 Å². The Kier molecular flexibility index (Phi) is 3.06. The van der Waals surface area contributed by atoms with Gasteiger partial charge in [-0.05, 0) is 31.6 Å². The molecule has 0 aromatic rings. The van der Waals surface area contributed by atoms with Crippen molar-refractivity contribution < 1.29 is 14.6 Å². The van der Waals surface area contributed by atoms with Gasteiger partial charge in [0.2, 0.25) is 0 Å². The first-order valence-electron chi connectivity index (χ1n) is 5.65. The molecular formula is C11H18O3. The molecule has 0 amide bonds. The number of ether oxygens (including phenoxy) is 1. The fraction of sp³-hybridized carbons (Fsp3) is 0.909. The highest BCUT2D eigenvalue weighted by atomic mass is 16.5. The highest BCUT2D eigenvalue weighted by Crippen LogP contribution is 2.33. The van der Waals surface area contributed by atoms with Crippen LogP contribution in [0.1, 0.15) is 44.9 Å². The van der Waals surface area contributed by atoms with Gasteiger partial charge in [0.25, 0.3) is 0 Å². The average Bonchev–Trinajstić information content (AvgIpc) is 2.99. The number of hydrogen-bond donors (Lipinski definition) is 1. The molecule has 3 nitrogen and oxygen atoms in total. The maximum absolute atomic E-state index is 11.0. The van der Waals surface area contributed by atoms with Crippen LogP contribution in [0, 0.1) is 5.92 Å². The molecule has 1 atom stereocenters. The fourth-order valence-electron chi connectivity index (χ4n) is 2.22. The van der Waals surface area contributed by atoms with Crippen LogP contribution >= 0.6 is 0 Å². The van der Waals surface area contributed by atoms with E-state index in [4.69, 9.17) is 9.84 Å². The summed E-state index contributed by atoms with van der Waals surface area (Å²) in [7, 11) is 0. The first-order chi connectivity index (χ1) is 6.77. The maximum atomic E-state index is 11.0. The van der Waals surface area contributed by atoms with Gasteiger partial charge in [-0.25, -0.2) is 4.79 Å². The Hall–Kier alpha value is -0.570. The third kappa shape index (κ3) is 2.47. The van der Waals surface area contributed by atoms with E-state index in [0.29, 0.717) is 0 Å². The molecule has 2 saturated carbocycles. The van der Waals surface area contributed by atoms with Gasteiger partial charge in [-0.15, -0.1) is 0 Å². The van der Waals surface area contributed by atoms with Crippen molar-refractivity contribution in [3.63, 3.8) is 0 Å². The van der Waals surface area contributed by atoms with Gasteiger partial charge in [0.1, 0.15) is 0 Å². The molecule has 1 N–H and O–H groups in total. The van der Waals surface area contributed by atoms with Gasteiger partial charge in [0.05, 0.1) is 6.10 Å². The number of hydrogen-bond acceptors (Lipinski definition) is 2. The summed E-state index contributed by atoms with van der Waals surface area (Å²) in [4.78, 5) is 11.0. The Morgan fingerprint density at radius 1 is 1.14 bits per heavy atom. The van der Waals surface area contributed by atoms with Crippen LogP contribution in [-0.4, -0.2) is 23.3 Å². The van der Waals surface area contributed by atoms with E-state index in [1.165, 1.54) is 19.3 Å². The lowest BCUT2D eigenvalue weighted by Crippen LogP contribution is -2.34. The monoisotopic (exact) mass is 198 g/mol. The first-order valence-corrected chi connectivity index (χ1v) is 5.65. The molecule has 0 saturated heterocycles. The summed E-state index contributed by atoms with van der Waals surface area (Å²) in [6.07, 6.45) is 7.48. The molecule has 14 heavy (non-hydrogen) atoms. The smallest absolute Gasteiger partial charge is 0.333 e. The minimum absolute atomic E-state index is 0.248. The van der Waals surface area contributed by atoms with Gasteiger partial charge < -0.3 is 9.84 Å². The second kappa shape index (κ2) is 4.30. The minimum Gasteiger partial charge on any atom is -0.479 e. The van der Waals surface area contributed by atoms with Crippen molar-refractivity contribution in [3.8, 4) is 0 Å². The number of aliphatic carboxylic acids is 1. The molecule has 0 heterocycles. The molecule has 0 bridgehead atoms. The van der Waals surface area contributed by atoms with Gasteiger partial charge in [-0.3, -0.25) is 0 Å². The Balaban J connectivity index is 1.89. The van der Waals surface area contributed by atoms with E-state index in [-0.39, 0.29) is 12.0 Å². The second-order valence-electron chi connectivity index (χ2n) is 4.49. The Morgan fingerprint density at radius 2 is 1.79 bits per heavy atom. The van der Waals surface area contributed by atoms with E-state index in [1.54, 1.807) is 0 Å². The standard InChI is InChI=1S/C11H18O3/c12-11(13)10(14-9-6-7-9)8-4-2-1-3-5-8/h8-10H,1-7H2,(H,12,13)/t10-/m0/s1. The second-order valence-corrected chi connectivity index (χ2v) is 4.49. The van der Waals surface area contributed by atoms with E-state index in [1.807, 2.05) is 0 Å². The van der Waals surface area contributed by atoms with Gasteiger partial charge >= 0.3 is 5.97 Å². The SMILES string of the molecule is O=C(O)[C@@H](OC1CC1)C1CCCCC1. The van der Waals surface area contributed by atoms with Crippen LogP contribution in [0.4, 0.5) is 0 Å². The third-order valence-electron chi connectivity index (χ3n) is 3.18. The predicted molar refractivity (Wildman–Crippen MR) is 52.1 cm³/mol. The van der Waals surface area contributed by atoms with Gasteiger partial charge in [0.15, 0.2) is 6.10 Å². The molecule has 0 aromatic carbocycles. The van der Waals surface area contributed by atoms with Crippen LogP contribution in [0.3, 0.4) is 0 Å². The molecule has 80 valence electrons. The number of carboxylic acid groups (broad SMARTS) is 1. The van der Waals surface area contributed by atoms with E-state index in [9.17, 15) is 4.79 Å². The van der Waals surface area contributed by atoms with E-state index < -0.39 is 12.1 Å². The van der Waals surface area contributed by atoms with E-state index in [2.05, 4.69) is 0 Å². The Bertz CT molecular complexity index is 205. The highest BCUT2D eigenvalue weighted by molar-refractivity contribution is 5.72. The fourth-order valence-corrected chi connectivity index (χ4v) is 2.22. The molecule has 0 aliphatic heterocycles. The molecule has 2 fully saturated rings. The summed E-state index contributed by atoms with van der Waals surface area (Å²) in [6, 6.07) is 0. The topological polar surface area (TPSA) is 46.5 Å². The number of rotatable bonds is 4. The molecule has 2 aliphatic rings. The lowest BCUT2D eigenvalue weighted by Gasteiger charge is -2.27. The lowest BCUT2D eigenvalue weighted by atomic mass is 9.85. The zero-order valence-electron chi connectivity index (χ0n) is 8.45. The third-order valence-corrected chi connectivity index (χ3v) is 3.18. The van der Waals surface area contributed by atoms with Crippen LogP contribution in [0.25, 0.3) is 0 Å².